The van der Waals surface area contributed by atoms with Gasteiger partial charge in [0.2, 0.25) is 5.91 Å². The lowest BCUT2D eigenvalue weighted by Gasteiger charge is -2.16. The van der Waals surface area contributed by atoms with Crippen molar-refractivity contribution in [3.8, 4) is 0 Å². The average molecular weight is 468 g/mol. The highest BCUT2D eigenvalue weighted by Gasteiger charge is 2.22. The van der Waals surface area contributed by atoms with E-state index in [9.17, 15) is 14.0 Å². The highest BCUT2D eigenvalue weighted by Crippen LogP contribution is 2.29. The lowest BCUT2D eigenvalue weighted by atomic mass is 10.0. The van der Waals surface area contributed by atoms with Crippen LogP contribution in [0.25, 0.3) is 10.1 Å². The number of thiophene rings is 1. The molecule has 2 heterocycles. The largest absolute Gasteiger partial charge is 0.344 e. The molecule has 3 N–H and O–H groups in total. The number of hydrogen-bond donors (Lipinski definition) is 3. The SMILES string of the molecule is CC(NC(=O)c1ccc(F)cc1)c1cn(C(CC(=O)NO)Cc2csc3ccccc23)nn1. The van der Waals surface area contributed by atoms with Crippen molar-refractivity contribution < 1.29 is 19.2 Å². The third-order valence-corrected chi connectivity index (χ3v) is 6.37. The van der Waals surface area contributed by atoms with Gasteiger partial charge in [-0.3, -0.25) is 14.8 Å². The predicted molar refractivity (Wildman–Crippen MR) is 121 cm³/mol. The molecule has 0 aliphatic heterocycles. The number of rotatable bonds is 8. The monoisotopic (exact) mass is 467 g/mol. The molecule has 4 aromatic rings. The van der Waals surface area contributed by atoms with E-state index in [0.29, 0.717) is 17.7 Å². The fraction of sp³-hybridized carbons (Fsp3) is 0.217. The lowest BCUT2D eigenvalue weighted by Crippen LogP contribution is -2.27. The molecule has 0 spiro atoms. The van der Waals surface area contributed by atoms with Gasteiger partial charge in [0.05, 0.1) is 24.7 Å². The second-order valence-electron chi connectivity index (χ2n) is 7.68. The van der Waals surface area contributed by atoms with Gasteiger partial charge in [0.25, 0.3) is 5.91 Å². The molecule has 10 heteroatoms. The Kier molecular flexibility index (Phi) is 6.76. The molecule has 170 valence electrons. The van der Waals surface area contributed by atoms with Crippen LogP contribution in [-0.2, 0) is 11.2 Å². The molecule has 0 aliphatic carbocycles. The maximum absolute atomic E-state index is 13.1. The van der Waals surface area contributed by atoms with Crippen LogP contribution < -0.4 is 10.8 Å². The molecule has 0 fully saturated rings. The van der Waals surface area contributed by atoms with Gasteiger partial charge in [-0.2, -0.15) is 0 Å². The molecule has 2 aromatic heterocycles. The van der Waals surface area contributed by atoms with E-state index < -0.39 is 23.8 Å². The smallest absolute Gasteiger partial charge is 0.251 e. The summed E-state index contributed by atoms with van der Waals surface area (Å²) in [5.74, 6) is -1.31. The van der Waals surface area contributed by atoms with Crippen LogP contribution in [0.3, 0.4) is 0 Å². The molecule has 33 heavy (non-hydrogen) atoms. The number of aromatic nitrogens is 3. The van der Waals surface area contributed by atoms with Gasteiger partial charge in [0.15, 0.2) is 0 Å². The lowest BCUT2D eigenvalue weighted by molar-refractivity contribution is -0.130. The zero-order chi connectivity index (χ0) is 23.4. The number of amides is 2. The average Bonchev–Trinajstić information content (AvgIpc) is 3.47. The first-order valence-electron chi connectivity index (χ1n) is 10.3. The normalized spacial score (nSPS) is 12.9. The summed E-state index contributed by atoms with van der Waals surface area (Å²) in [4.78, 5) is 24.4. The number of carbonyl (C=O) groups is 2. The van der Waals surface area contributed by atoms with Crippen molar-refractivity contribution in [2.24, 2.45) is 0 Å². The summed E-state index contributed by atoms with van der Waals surface area (Å²) in [6, 6.07) is 12.4. The van der Waals surface area contributed by atoms with Gasteiger partial charge in [0, 0.05) is 10.3 Å². The Morgan fingerprint density at radius 1 is 1.18 bits per heavy atom. The Hall–Kier alpha value is -3.63. The maximum atomic E-state index is 13.1. The molecule has 0 radical (unpaired) electrons. The second kappa shape index (κ2) is 9.88. The Labute approximate surface area is 193 Å². The molecule has 0 saturated heterocycles. The van der Waals surface area contributed by atoms with Crippen molar-refractivity contribution in [2.75, 3.05) is 0 Å². The van der Waals surface area contributed by atoms with Crippen molar-refractivity contribution >= 4 is 33.2 Å². The highest BCUT2D eigenvalue weighted by atomic mass is 32.1. The van der Waals surface area contributed by atoms with E-state index in [1.807, 2.05) is 24.3 Å². The van der Waals surface area contributed by atoms with E-state index >= 15 is 0 Å². The maximum Gasteiger partial charge on any atom is 0.251 e. The summed E-state index contributed by atoms with van der Waals surface area (Å²) >= 11 is 1.63. The molecule has 0 bridgehead atoms. The minimum Gasteiger partial charge on any atom is -0.344 e. The van der Waals surface area contributed by atoms with Crippen molar-refractivity contribution in [3.05, 3.63) is 82.7 Å². The summed E-state index contributed by atoms with van der Waals surface area (Å²) in [5, 5.41) is 23.4. The van der Waals surface area contributed by atoms with Crippen LogP contribution in [0.15, 0.2) is 60.1 Å². The third kappa shape index (κ3) is 5.24. The van der Waals surface area contributed by atoms with Crippen molar-refractivity contribution in [1.82, 2.24) is 25.8 Å². The number of fused-ring (bicyclic) bond motifs is 1. The van der Waals surface area contributed by atoms with Crippen LogP contribution in [0.2, 0.25) is 0 Å². The number of halogens is 1. The van der Waals surface area contributed by atoms with Gasteiger partial charge in [-0.25, -0.2) is 14.6 Å². The van der Waals surface area contributed by atoms with E-state index in [1.165, 1.54) is 24.3 Å². The summed E-state index contributed by atoms with van der Waals surface area (Å²) in [6.07, 6.45) is 2.19. The summed E-state index contributed by atoms with van der Waals surface area (Å²) in [7, 11) is 0. The molecular weight excluding hydrogens is 445 g/mol. The molecule has 8 nitrogen and oxygen atoms in total. The molecule has 0 saturated carbocycles. The molecule has 2 unspecified atom stereocenters. The van der Waals surface area contributed by atoms with Crippen LogP contribution in [0, 0.1) is 5.82 Å². The number of hydroxylamine groups is 1. The van der Waals surface area contributed by atoms with Crippen molar-refractivity contribution in [3.63, 3.8) is 0 Å². The van der Waals surface area contributed by atoms with Gasteiger partial charge < -0.3 is 5.32 Å². The summed E-state index contributed by atoms with van der Waals surface area (Å²) in [6.45, 7) is 1.76. The van der Waals surface area contributed by atoms with Gasteiger partial charge in [0.1, 0.15) is 11.5 Å². The van der Waals surface area contributed by atoms with Gasteiger partial charge >= 0.3 is 0 Å². The van der Waals surface area contributed by atoms with Gasteiger partial charge in [-0.15, -0.1) is 16.4 Å². The van der Waals surface area contributed by atoms with Crippen LogP contribution in [0.4, 0.5) is 4.39 Å². The minimum absolute atomic E-state index is 0.000205. The molecule has 2 atom stereocenters. The first kappa shape index (κ1) is 22.6. The van der Waals surface area contributed by atoms with Crippen LogP contribution in [-0.4, -0.2) is 32.0 Å². The standard InChI is InChI=1S/C23H22FN5O3S/c1-14(25-23(31)15-6-8-17(24)9-7-15)20-12-29(28-26-20)18(11-22(30)27-32)10-16-13-33-21-5-3-2-4-19(16)21/h2-9,12-14,18,32H,10-11H2,1H3,(H,25,31)(H,27,30). The van der Waals surface area contributed by atoms with Crippen LogP contribution in [0.5, 0.6) is 0 Å². The van der Waals surface area contributed by atoms with Gasteiger partial charge in [-0.1, -0.05) is 23.4 Å². The number of carbonyl (C=O) groups excluding carboxylic acids is 2. The first-order chi connectivity index (χ1) is 15.9. The topological polar surface area (TPSA) is 109 Å². The Morgan fingerprint density at radius 3 is 2.70 bits per heavy atom. The predicted octanol–water partition coefficient (Wildman–Crippen LogP) is 3.80. The number of benzene rings is 2. The van der Waals surface area contributed by atoms with Crippen LogP contribution >= 0.6 is 11.3 Å². The quantitative estimate of drug-likeness (QED) is 0.270. The van der Waals surface area contributed by atoms with E-state index in [4.69, 9.17) is 5.21 Å². The highest BCUT2D eigenvalue weighted by molar-refractivity contribution is 7.17. The van der Waals surface area contributed by atoms with Gasteiger partial charge in [-0.05, 0) is 60.0 Å². The van der Waals surface area contributed by atoms with E-state index in [1.54, 1.807) is 34.6 Å². The van der Waals surface area contributed by atoms with E-state index in [-0.39, 0.29) is 12.3 Å². The van der Waals surface area contributed by atoms with Crippen molar-refractivity contribution in [2.45, 2.75) is 31.8 Å². The third-order valence-electron chi connectivity index (χ3n) is 5.36. The molecule has 2 aromatic carbocycles. The summed E-state index contributed by atoms with van der Waals surface area (Å²) in [5.41, 5.74) is 3.59. The van der Waals surface area contributed by atoms with E-state index in [2.05, 4.69) is 21.0 Å². The fourth-order valence-electron chi connectivity index (χ4n) is 3.59. The Bertz CT molecular complexity index is 1270. The molecule has 2 amide bonds. The molecular formula is C23H22FN5O3S. The minimum atomic E-state index is -0.533. The number of nitrogens with zero attached hydrogens (tertiary/aromatic N) is 3. The molecule has 0 aliphatic rings. The molecule has 4 rings (SSSR count). The second-order valence-corrected chi connectivity index (χ2v) is 8.59. The zero-order valence-electron chi connectivity index (χ0n) is 17.7. The summed E-state index contributed by atoms with van der Waals surface area (Å²) < 4.78 is 15.8. The Balaban J connectivity index is 1.52. The van der Waals surface area contributed by atoms with E-state index in [0.717, 1.165) is 15.6 Å². The first-order valence-corrected chi connectivity index (χ1v) is 11.2. The number of hydrogen-bond acceptors (Lipinski definition) is 6. The zero-order valence-corrected chi connectivity index (χ0v) is 18.6. The fourth-order valence-corrected chi connectivity index (χ4v) is 4.56. The number of nitrogens with one attached hydrogen (secondary N) is 2. The van der Waals surface area contributed by atoms with Crippen LogP contribution in [0.1, 0.15) is 47.0 Å². The van der Waals surface area contributed by atoms with Crippen molar-refractivity contribution in [1.29, 1.82) is 0 Å². The Morgan fingerprint density at radius 2 is 1.94 bits per heavy atom.